The molecule has 14 heavy (non-hydrogen) atoms. The van der Waals surface area contributed by atoms with E-state index in [0.29, 0.717) is 6.04 Å². The van der Waals surface area contributed by atoms with Gasteiger partial charge in [-0.3, -0.25) is 0 Å². The minimum atomic E-state index is 0.137. The van der Waals surface area contributed by atoms with E-state index in [1.54, 1.807) is 0 Å². The Balaban J connectivity index is 3.36. The Kier molecular flexibility index (Phi) is 7.45. The molecule has 0 heterocycles. The summed E-state index contributed by atoms with van der Waals surface area (Å²) in [6, 6.07) is 2.82. The van der Waals surface area contributed by atoms with Crippen molar-refractivity contribution in [1.82, 2.24) is 10.2 Å². The molecule has 3 nitrogen and oxygen atoms in total. The molecule has 0 aliphatic rings. The van der Waals surface area contributed by atoms with Crippen LogP contribution in [0.2, 0.25) is 0 Å². The second-order valence-electron chi connectivity index (χ2n) is 4.25. The molecule has 0 bridgehead atoms. The van der Waals surface area contributed by atoms with Gasteiger partial charge < -0.3 is 10.2 Å². The zero-order valence-electron chi connectivity index (χ0n) is 9.88. The third-order valence-electron chi connectivity index (χ3n) is 2.08. The van der Waals surface area contributed by atoms with Gasteiger partial charge in [-0.1, -0.05) is 13.8 Å². The fourth-order valence-corrected chi connectivity index (χ4v) is 1.34. The van der Waals surface area contributed by atoms with Crippen LogP contribution in [0.15, 0.2) is 0 Å². The average molecular weight is 197 g/mol. The van der Waals surface area contributed by atoms with Crippen LogP contribution in [0.4, 0.5) is 0 Å². The van der Waals surface area contributed by atoms with E-state index in [2.05, 4.69) is 37.2 Å². The van der Waals surface area contributed by atoms with E-state index >= 15 is 0 Å². The Bertz CT molecular complexity index is 172. The Hall–Kier alpha value is -0.590. The maximum absolute atomic E-state index is 8.64. The van der Waals surface area contributed by atoms with Crippen molar-refractivity contribution in [2.75, 3.05) is 26.7 Å². The van der Waals surface area contributed by atoms with Gasteiger partial charge in [0.05, 0.1) is 12.0 Å². The minimum absolute atomic E-state index is 0.137. The summed E-state index contributed by atoms with van der Waals surface area (Å²) in [7, 11) is 2.07. The molecule has 1 N–H and O–H groups in total. The predicted octanol–water partition coefficient (Wildman–Crippen LogP) is 1.47. The number of nitrogens with one attached hydrogen (secondary N) is 1. The van der Waals surface area contributed by atoms with E-state index < -0.39 is 0 Å². The smallest absolute Gasteiger partial charge is 0.0666 e. The van der Waals surface area contributed by atoms with Crippen LogP contribution in [0.25, 0.3) is 0 Å². The maximum Gasteiger partial charge on any atom is 0.0666 e. The van der Waals surface area contributed by atoms with E-state index in [1.165, 1.54) is 0 Å². The lowest BCUT2D eigenvalue weighted by Gasteiger charge is -2.18. The summed E-state index contributed by atoms with van der Waals surface area (Å²) in [6.07, 6.45) is 1.15. The molecule has 0 saturated carbocycles. The summed E-state index contributed by atoms with van der Waals surface area (Å²) in [5.74, 6) is 0.137. The number of hydrogen-bond donors (Lipinski definition) is 1. The molecule has 0 amide bonds. The zero-order valence-corrected chi connectivity index (χ0v) is 9.88. The maximum atomic E-state index is 8.64. The second-order valence-corrected chi connectivity index (χ2v) is 4.25. The Morgan fingerprint density at radius 3 is 2.50 bits per heavy atom. The van der Waals surface area contributed by atoms with Gasteiger partial charge in [0.15, 0.2) is 0 Å². The highest BCUT2D eigenvalue weighted by molar-refractivity contribution is 4.80. The van der Waals surface area contributed by atoms with E-state index in [1.807, 2.05) is 6.92 Å². The lowest BCUT2D eigenvalue weighted by molar-refractivity contribution is 0.303. The first kappa shape index (κ1) is 13.4. The second kappa shape index (κ2) is 7.78. The number of nitriles is 1. The number of nitrogens with zero attached hydrogens (tertiary/aromatic N) is 2. The highest BCUT2D eigenvalue weighted by Crippen LogP contribution is 1.96. The van der Waals surface area contributed by atoms with E-state index in [4.69, 9.17) is 5.26 Å². The van der Waals surface area contributed by atoms with Crippen LogP contribution in [-0.2, 0) is 0 Å². The number of hydrogen-bond acceptors (Lipinski definition) is 3. The van der Waals surface area contributed by atoms with Crippen molar-refractivity contribution in [2.45, 2.75) is 33.2 Å². The molecule has 0 radical (unpaired) electrons. The number of rotatable bonds is 7. The average Bonchev–Trinajstić information content (AvgIpc) is 2.12. The molecule has 82 valence electrons. The van der Waals surface area contributed by atoms with E-state index in [-0.39, 0.29) is 5.92 Å². The molecule has 0 saturated heterocycles. The van der Waals surface area contributed by atoms with Gasteiger partial charge in [-0.25, -0.2) is 0 Å². The largest absolute Gasteiger partial charge is 0.314 e. The molecule has 0 aliphatic heterocycles. The van der Waals surface area contributed by atoms with E-state index in [0.717, 1.165) is 26.1 Å². The van der Waals surface area contributed by atoms with Crippen LogP contribution in [0.1, 0.15) is 27.2 Å². The van der Waals surface area contributed by atoms with Crippen LogP contribution in [0, 0.1) is 17.2 Å². The highest BCUT2D eigenvalue weighted by atomic mass is 15.1. The summed E-state index contributed by atoms with van der Waals surface area (Å²) in [6.45, 7) is 9.26. The molecule has 3 heteroatoms. The van der Waals surface area contributed by atoms with Crippen molar-refractivity contribution in [3.05, 3.63) is 0 Å². The standard InChI is InChI=1S/C11H23N3/c1-10(2)13-6-5-7-14(4)9-11(3)8-12/h10-11,13H,5-7,9H2,1-4H3. The summed E-state index contributed by atoms with van der Waals surface area (Å²) in [5, 5.41) is 12.0. The van der Waals surface area contributed by atoms with Crippen molar-refractivity contribution < 1.29 is 0 Å². The molecule has 0 aliphatic carbocycles. The molecule has 0 aromatic heterocycles. The van der Waals surface area contributed by atoms with Gasteiger partial charge in [0.1, 0.15) is 0 Å². The van der Waals surface area contributed by atoms with Crippen molar-refractivity contribution >= 4 is 0 Å². The fourth-order valence-electron chi connectivity index (χ4n) is 1.34. The monoisotopic (exact) mass is 197 g/mol. The molecule has 0 aromatic carbocycles. The first-order chi connectivity index (χ1) is 6.56. The fraction of sp³-hybridized carbons (Fsp3) is 0.909. The first-order valence-corrected chi connectivity index (χ1v) is 5.37. The van der Waals surface area contributed by atoms with Gasteiger partial charge in [-0.2, -0.15) is 5.26 Å². The Morgan fingerprint density at radius 2 is 2.00 bits per heavy atom. The third kappa shape index (κ3) is 8.03. The quantitative estimate of drug-likeness (QED) is 0.628. The minimum Gasteiger partial charge on any atom is -0.314 e. The van der Waals surface area contributed by atoms with Gasteiger partial charge in [0.2, 0.25) is 0 Å². The van der Waals surface area contributed by atoms with Gasteiger partial charge in [-0.05, 0) is 33.5 Å². The van der Waals surface area contributed by atoms with Crippen LogP contribution >= 0.6 is 0 Å². The highest BCUT2D eigenvalue weighted by Gasteiger charge is 2.04. The SMILES string of the molecule is CC(C#N)CN(C)CCCNC(C)C. The molecule has 1 atom stereocenters. The summed E-state index contributed by atoms with van der Waals surface area (Å²) >= 11 is 0. The van der Waals surface area contributed by atoms with Gasteiger partial charge in [0, 0.05) is 12.6 Å². The molecule has 1 unspecified atom stereocenters. The first-order valence-electron chi connectivity index (χ1n) is 5.37. The van der Waals surface area contributed by atoms with Gasteiger partial charge >= 0.3 is 0 Å². The van der Waals surface area contributed by atoms with Crippen LogP contribution in [-0.4, -0.2) is 37.6 Å². The molecular formula is C11H23N3. The normalized spacial score (nSPS) is 13.2. The van der Waals surface area contributed by atoms with Crippen LogP contribution in [0.5, 0.6) is 0 Å². The molecular weight excluding hydrogens is 174 g/mol. The van der Waals surface area contributed by atoms with Crippen LogP contribution in [0.3, 0.4) is 0 Å². The molecule has 0 aromatic rings. The Labute approximate surface area is 88.1 Å². The predicted molar refractivity (Wildman–Crippen MR) is 60.0 cm³/mol. The summed E-state index contributed by atoms with van der Waals surface area (Å²) in [4.78, 5) is 2.22. The molecule has 0 spiro atoms. The third-order valence-corrected chi connectivity index (χ3v) is 2.08. The van der Waals surface area contributed by atoms with Gasteiger partial charge in [-0.15, -0.1) is 0 Å². The van der Waals surface area contributed by atoms with Crippen LogP contribution < -0.4 is 5.32 Å². The lowest BCUT2D eigenvalue weighted by atomic mass is 10.2. The molecule has 0 rings (SSSR count). The van der Waals surface area contributed by atoms with Crippen molar-refractivity contribution in [1.29, 1.82) is 5.26 Å². The van der Waals surface area contributed by atoms with Crippen molar-refractivity contribution in [3.8, 4) is 6.07 Å². The lowest BCUT2D eigenvalue weighted by Crippen LogP contribution is -2.29. The van der Waals surface area contributed by atoms with Crippen molar-refractivity contribution in [3.63, 3.8) is 0 Å². The summed E-state index contributed by atoms with van der Waals surface area (Å²) in [5.41, 5.74) is 0. The summed E-state index contributed by atoms with van der Waals surface area (Å²) < 4.78 is 0. The van der Waals surface area contributed by atoms with Gasteiger partial charge in [0.25, 0.3) is 0 Å². The topological polar surface area (TPSA) is 39.1 Å². The molecule has 0 fully saturated rings. The van der Waals surface area contributed by atoms with Crippen molar-refractivity contribution in [2.24, 2.45) is 5.92 Å². The Morgan fingerprint density at radius 1 is 1.36 bits per heavy atom. The van der Waals surface area contributed by atoms with E-state index in [9.17, 15) is 0 Å². The zero-order chi connectivity index (χ0) is 11.0.